The molecule has 2 heterocycles. The van der Waals surface area contributed by atoms with Crippen LogP contribution in [0, 0.1) is 0 Å². The van der Waals surface area contributed by atoms with Crippen molar-refractivity contribution in [1.29, 1.82) is 0 Å². The van der Waals surface area contributed by atoms with Gasteiger partial charge in [-0.05, 0) is 53.4 Å². The minimum absolute atomic E-state index is 0.00262. The molecule has 7 heteroatoms. The molecule has 0 unspecified atom stereocenters. The Bertz CT molecular complexity index is 878. The number of rotatable bonds is 6. The molecule has 0 aliphatic heterocycles. The van der Waals surface area contributed by atoms with Crippen molar-refractivity contribution in [2.75, 3.05) is 17.7 Å². The standard InChI is InChI=1S/C18H19BrN4OS/c1-3-22(16-9-8-13(19)10-20-16)18(24)11-23-15-7-5-4-6-14(15)21-17(23)12-25-2/h4-10H,3,11-12H2,1-2H3. The monoisotopic (exact) mass is 418 g/mol. The Labute approximate surface area is 159 Å². The number of thioether (sulfide) groups is 1. The van der Waals surface area contributed by atoms with E-state index in [1.54, 1.807) is 22.9 Å². The third-order valence-electron chi connectivity index (χ3n) is 3.91. The van der Waals surface area contributed by atoms with Crippen molar-refractivity contribution in [2.24, 2.45) is 0 Å². The number of para-hydroxylation sites is 2. The molecule has 0 saturated carbocycles. The van der Waals surface area contributed by atoms with Crippen molar-refractivity contribution in [3.05, 3.63) is 52.9 Å². The van der Waals surface area contributed by atoms with Crippen LogP contribution in [0.2, 0.25) is 0 Å². The summed E-state index contributed by atoms with van der Waals surface area (Å²) in [6.07, 6.45) is 3.74. The second-order valence-electron chi connectivity index (χ2n) is 5.51. The predicted octanol–water partition coefficient (Wildman–Crippen LogP) is 4.11. The lowest BCUT2D eigenvalue weighted by Crippen LogP contribution is -2.34. The molecule has 130 valence electrons. The number of carbonyl (C=O) groups excluding carboxylic acids is 1. The number of fused-ring (bicyclic) bond motifs is 1. The summed E-state index contributed by atoms with van der Waals surface area (Å²) in [5.41, 5.74) is 1.91. The van der Waals surface area contributed by atoms with E-state index in [0.29, 0.717) is 12.4 Å². The summed E-state index contributed by atoms with van der Waals surface area (Å²) < 4.78 is 2.90. The van der Waals surface area contributed by atoms with Crippen molar-refractivity contribution in [3.63, 3.8) is 0 Å². The van der Waals surface area contributed by atoms with E-state index < -0.39 is 0 Å². The van der Waals surface area contributed by atoms with Crippen molar-refractivity contribution in [1.82, 2.24) is 14.5 Å². The molecule has 3 rings (SSSR count). The molecule has 0 bridgehead atoms. The van der Waals surface area contributed by atoms with Gasteiger partial charge in [-0.25, -0.2) is 9.97 Å². The zero-order valence-electron chi connectivity index (χ0n) is 14.1. The van der Waals surface area contributed by atoms with Gasteiger partial charge >= 0.3 is 0 Å². The summed E-state index contributed by atoms with van der Waals surface area (Å²) >= 11 is 5.07. The molecule has 0 radical (unpaired) electrons. The van der Waals surface area contributed by atoms with Crippen LogP contribution in [0.1, 0.15) is 12.7 Å². The Kier molecular flexibility index (Phi) is 5.75. The number of hydrogen-bond donors (Lipinski definition) is 0. The predicted molar refractivity (Wildman–Crippen MR) is 107 cm³/mol. The van der Waals surface area contributed by atoms with Crippen molar-refractivity contribution >= 4 is 50.5 Å². The molecule has 0 N–H and O–H groups in total. The fraction of sp³-hybridized carbons (Fsp3) is 0.278. The zero-order chi connectivity index (χ0) is 17.8. The average molecular weight is 419 g/mol. The Morgan fingerprint density at radius 1 is 1.28 bits per heavy atom. The van der Waals surface area contributed by atoms with Gasteiger partial charge in [0.25, 0.3) is 0 Å². The lowest BCUT2D eigenvalue weighted by atomic mass is 10.3. The highest BCUT2D eigenvalue weighted by atomic mass is 79.9. The van der Waals surface area contributed by atoms with Crippen LogP contribution < -0.4 is 4.90 Å². The number of aromatic nitrogens is 3. The van der Waals surface area contributed by atoms with E-state index in [9.17, 15) is 4.79 Å². The molecule has 1 amide bonds. The Morgan fingerprint density at radius 3 is 2.76 bits per heavy atom. The van der Waals surface area contributed by atoms with Crippen molar-refractivity contribution < 1.29 is 4.79 Å². The minimum Gasteiger partial charge on any atom is -0.318 e. The molecule has 0 saturated heterocycles. The maximum atomic E-state index is 12.9. The number of amides is 1. The fourth-order valence-corrected chi connectivity index (χ4v) is 3.47. The summed E-state index contributed by atoms with van der Waals surface area (Å²) in [6, 6.07) is 11.7. The number of nitrogens with zero attached hydrogens (tertiary/aromatic N) is 4. The van der Waals surface area contributed by atoms with Crippen molar-refractivity contribution in [3.8, 4) is 0 Å². The number of benzene rings is 1. The minimum atomic E-state index is 0.00262. The molecule has 3 aromatic rings. The van der Waals surface area contributed by atoms with Crippen LogP contribution in [0.25, 0.3) is 11.0 Å². The van der Waals surface area contributed by atoms with E-state index >= 15 is 0 Å². The maximum absolute atomic E-state index is 12.9. The van der Waals surface area contributed by atoms with Gasteiger partial charge in [-0.2, -0.15) is 11.8 Å². The number of halogens is 1. The lowest BCUT2D eigenvalue weighted by Gasteiger charge is -2.21. The van der Waals surface area contributed by atoms with Gasteiger partial charge in [0, 0.05) is 17.2 Å². The van der Waals surface area contributed by atoms with Gasteiger partial charge in [0.05, 0.1) is 16.8 Å². The van der Waals surface area contributed by atoms with Crippen LogP contribution in [-0.2, 0) is 17.1 Å². The number of pyridine rings is 1. The molecule has 1 aromatic carbocycles. The average Bonchev–Trinajstić information content (AvgIpc) is 2.95. The topological polar surface area (TPSA) is 51.0 Å². The number of imidazole rings is 1. The summed E-state index contributed by atoms with van der Waals surface area (Å²) in [6.45, 7) is 2.77. The molecule has 25 heavy (non-hydrogen) atoms. The fourth-order valence-electron chi connectivity index (χ4n) is 2.76. The van der Waals surface area contributed by atoms with Crippen molar-refractivity contribution in [2.45, 2.75) is 19.2 Å². The SMILES string of the molecule is CCN(C(=O)Cn1c(CSC)nc2ccccc21)c1ccc(Br)cn1. The van der Waals surface area contributed by atoms with Crippen LogP contribution in [0.4, 0.5) is 5.82 Å². The van der Waals surface area contributed by atoms with E-state index in [1.807, 2.05) is 54.1 Å². The van der Waals surface area contributed by atoms with Gasteiger partial charge in [-0.15, -0.1) is 0 Å². The van der Waals surface area contributed by atoms with Crippen LogP contribution in [0.3, 0.4) is 0 Å². The van der Waals surface area contributed by atoms with E-state index in [0.717, 1.165) is 27.1 Å². The summed E-state index contributed by atoms with van der Waals surface area (Å²) in [7, 11) is 0. The first-order chi connectivity index (χ1) is 12.1. The molecule has 0 atom stereocenters. The molecular weight excluding hydrogens is 400 g/mol. The highest BCUT2D eigenvalue weighted by Crippen LogP contribution is 2.20. The first kappa shape index (κ1) is 17.9. The maximum Gasteiger partial charge on any atom is 0.248 e. The Balaban J connectivity index is 1.92. The highest BCUT2D eigenvalue weighted by molar-refractivity contribution is 9.10. The van der Waals surface area contributed by atoms with Crippen LogP contribution in [0.15, 0.2) is 47.1 Å². The second-order valence-corrected chi connectivity index (χ2v) is 7.29. The molecule has 5 nitrogen and oxygen atoms in total. The number of carbonyl (C=O) groups is 1. The largest absolute Gasteiger partial charge is 0.318 e. The number of hydrogen-bond acceptors (Lipinski definition) is 4. The summed E-state index contributed by atoms with van der Waals surface area (Å²) in [4.78, 5) is 23.7. The van der Waals surface area contributed by atoms with Gasteiger partial charge in [0.2, 0.25) is 5.91 Å². The van der Waals surface area contributed by atoms with Gasteiger partial charge in [-0.3, -0.25) is 9.69 Å². The first-order valence-corrected chi connectivity index (χ1v) is 10.2. The Hall–Kier alpha value is -1.86. The molecule has 0 aliphatic carbocycles. The second kappa shape index (κ2) is 8.01. The highest BCUT2D eigenvalue weighted by Gasteiger charge is 2.19. The molecule has 0 fully saturated rings. The van der Waals surface area contributed by atoms with Gasteiger partial charge in [0.1, 0.15) is 18.2 Å². The molecule has 2 aromatic heterocycles. The number of likely N-dealkylation sites (N-methyl/N-ethyl adjacent to an activating group) is 1. The summed E-state index contributed by atoms with van der Waals surface area (Å²) in [5.74, 6) is 2.35. The van der Waals surface area contributed by atoms with Gasteiger partial charge in [0.15, 0.2) is 0 Å². The quantitative estimate of drug-likeness (QED) is 0.604. The summed E-state index contributed by atoms with van der Waals surface area (Å²) in [5, 5.41) is 0. The zero-order valence-corrected chi connectivity index (χ0v) is 16.5. The lowest BCUT2D eigenvalue weighted by molar-refractivity contribution is -0.119. The smallest absolute Gasteiger partial charge is 0.248 e. The number of anilines is 1. The first-order valence-electron chi connectivity index (χ1n) is 7.99. The van der Waals surface area contributed by atoms with Crippen LogP contribution >= 0.6 is 27.7 Å². The third kappa shape index (κ3) is 3.88. The van der Waals surface area contributed by atoms with E-state index in [1.165, 1.54) is 0 Å². The Morgan fingerprint density at radius 2 is 2.08 bits per heavy atom. The van der Waals surface area contributed by atoms with E-state index in [4.69, 9.17) is 0 Å². The molecule has 0 aliphatic rings. The molecule has 0 spiro atoms. The molecular formula is C18H19BrN4OS. The normalized spacial score (nSPS) is 11.0. The van der Waals surface area contributed by atoms with Crippen LogP contribution in [0.5, 0.6) is 0 Å². The van der Waals surface area contributed by atoms with E-state index in [-0.39, 0.29) is 12.5 Å². The van der Waals surface area contributed by atoms with Crippen LogP contribution in [-0.4, -0.2) is 33.2 Å². The van der Waals surface area contributed by atoms with Gasteiger partial charge in [-0.1, -0.05) is 12.1 Å². The van der Waals surface area contributed by atoms with E-state index in [2.05, 4.69) is 25.9 Å². The van der Waals surface area contributed by atoms with Gasteiger partial charge < -0.3 is 4.57 Å². The third-order valence-corrected chi connectivity index (χ3v) is 4.92.